The fourth-order valence-corrected chi connectivity index (χ4v) is 3.78. The molecule has 1 saturated heterocycles. The van der Waals surface area contributed by atoms with Crippen LogP contribution < -0.4 is 15.5 Å². The smallest absolute Gasteiger partial charge is 0.251 e. The highest BCUT2D eigenvalue weighted by molar-refractivity contribution is 5.95. The minimum atomic E-state index is -0.131. The molecule has 4 rings (SSSR count). The van der Waals surface area contributed by atoms with Gasteiger partial charge in [-0.25, -0.2) is 9.97 Å². The number of amides is 1. The summed E-state index contributed by atoms with van der Waals surface area (Å²) < 4.78 is 0. The maximum Gasteiger partial charge on any atom is 0.251 e. The van der Waals surface area contributed by atoms with Crippen molar-refractivity contribution < 1.29 is 4.79 Å². The number of hydrogen-bond acceptors (Lipinski definition) is 6. The Morgan fingerprint density at radius 3 is 2.83 bits per heavy atom. The van der Waals surface area contributed by atoms with Crippen LogP contribution in [0.1, 0.15) is 28.8 Å². The third-order valence-corrected chi connectivity index (χ3v) is 5.42. The van der Waals surface area contributed by atoms with Crippen molar-refractivity contribution in [3.05, 3.63) is 72.1 Å². The first kappa shape index (κ1) is 19.8. The molecule has 2 aromatic carbocycles. The maximum absolute atomic E-state index is 11.8. The SMILES string of the molecule is CNC(=O)c1cccc(Nc2ncnc(N3CC[C@@H](CCc4ccccc4)C3)n2)c1. The average Bonchev–Trinajstić information content (AvgIpc) is 3.27. The fourth-order valence-electron chi connectivity index (χ4n) is 3.78. The van der Waals surface area contributed by atoms with Crippen LogP contribution in [0, 0.1) is 5.92 Å². The molecule has 3 aromatic rings. The molecule has 30 heavy (non-hydrogen) atoms. The van der Waals surface area contributed by atoms with E-state index in [1.807, 2.05) is 12.1 Å². The van der Waals surface area contributed by atoms with Gasteiger partial charge in [-0.15, -0.1) is 0 Å². The summed E-state index contributed by atoms with van der Waals surface area (Å²) in [5, 5.41) is 5.80. The number of nitrogens with one attached hydrogen (secondary N) is 2. The van der Waals surface area contributed by atoms with E-state index in [-0.39, 0.29) is 5.91 Å². The van der Waals surface area contributed by atoms with Crippen LogP contribution >= 0.6 is 0 Å². The highest BCUT2D eigenvalue weighted by Gasteiger charge is 2.24. The molecule has 1 aliphatic rings. The van der Waals surface area contributed by atoms with Crippen LogP contribution in [0.4, 0.5) is 17.6 Å². The second-order valence-corrected chi connectivity index (χ2v) is 7.52. The molecule has 0 unspecified atom stereocenters. The summed E-state index contributed by atoms with van der Waals surface area (Å²) in [5.74, 6) is 1.68. The monoisotopic (exact) mass is 402 g/mol. The van der Waals surface area contributed by atoms with Gasteiger partial charge in [-0.2, -0.15) is 4.98 Å². The Kier molecular flexibility index (Phi) is 6.17. The number of anilines is 3. The van der Waals surface area contributed by atoms with Crippen LogP contribution in [-0.2, 0) is 6.42 Å². The first-order valence-corrected chi connectivity index (χ1v) is 10.3. The molecule has 0 radical (unpaired) electrons. The number of aromatic nitrogens is 3. The molecule has 1 aliphatic heterocycles. The van der Waals surface area contributed by atoms with Gasteiger partial charge in [0.25, 0.3) is 5.91 Å². The quantitative estimate of drug-likeness (QED) is 0.630. The van der Waals surface area contributed by atoms with E-state index in [0.717, 1.165) is 31.6 Å². The molecule has 154 valence electrons. The molecule has 2 heterocycles. The molecule has 2 N–H and O–H groups in total. The molecule has 0 spiro atoms. The van der Waals surface area contributed by atoms with Crippen LogP contribution in [0.25, 0.3) is 0 Å². The van der Waals surface area contributed by atoms with Crippen molar-refractivity contribution >= 4 is 23.5 Å². The van der Waals surface area contributed by atoms with Gasteiger partial charge in [0.2, 0.25) is 11.9 Å². The van der Waals surface area contributed by atoms with Crippen LogP contribution in [0.5, 0.6) is 0 Å². The Labute approximate surface area is 176 Å². The summed E-state index contributed by atoms with van der Waals surface area (Å²) in [6.45, 7) is 1.91. The van der Waals surface area contributed by atoms with E-state index in [4.69, 9.17) is 0 Å². The topological polar surface area (TPSA) is 83.0 Å². The third-order valence-electron chi connectivity index (χ3n) is 5.42. The minimum Gasteiger partial charge on any atom is -0.355 e. The van der Waals surface area contributed by atoms with Gasteiger partial charge in [-0.05, 0) is 48.9 Å². The molecule has 1 fully saturated rings. The first-order valence-electron chi connectivity index (χ1n) is 10.3. The fraction of sp³-hybridized carbons (Fsp3) is 0.304. The van der Waals surface area contributed by atoms with E-state index >= 15 is 0 Å². The summed E-state index contributed by atoms with van der Waals surface area (Å²) in [4.78, 5) is 27.3. The van der Waals surface area contributed by atoms with Crippen LogP contribution in [0.15, 0.2) is 60.9 Å². The van der Waals surface area contributed by atoms with Gasteiger partial charge in [0.05, 0.1) is 0 Å². The number of rotatable bonds is 7. The largest absolute Gasteiger partial charge is 0.355 e. The molecule has 1 aromatic heterocycles. The highest BCUT2D eigenvalue weighted by atomic mass is 16.1. The summed E-state index contributed by atoms with van der Waals surface area (Å²) in [5.41, 5.74) is 2.73. The van der Waals surface area contributed by atoms with E-state index in [1.54, 1.807) is 19.2 Å². The zero-order valence-electron chi connectivity index (χ0n) is 17.1. The third kappa shape index (κ3) is 4.92. The van der Waals surface area contributed by atoms with E-state index < -0.39 is 0 Å². The van der Waals surface area contributed by atoms with Crippen LogP contribution in [-0.4, -0.2) is 41.0 Å². The zero-order chi connectivity index (χ0) is 20.8. The van der Waals surface area contributed by atoms with Gasteiger partial charge in [0.1, 0.15) is 6.33 Å². The van der Waals surface area contributed by atoms with E-state index in [1.165, 1.54) is 18.3 Å². The van der Waals surface area contributed by atoms with Gasteiger partial charge in [0.15, 0.2) is 0 Å². The van der Waals surface area contributed by atoms with Crippen molar-refractivity contribution in [1.29, 1.82) is 0 Å². The normalized spacial score (nSPS) is 15.8. The Morgan fingerprint density at radius 2 is 2.00 bits per heavy atom. The molecule has 0 aliphatic carbocycles. The second-order valence-electron chi connectivity index (χ2n) is 7.52. The lowest BCUT2D eigenvalue weighted by Crippen LogP contribution is -2.22. The summed E-state index contributed by atoms with van der Waals surface area (Å²) in [7, 11) is 1.61. The van der Waals surface area contributed by atoms with E-state index in [2.05, 4.69) is 60.8 Å². The van der Waals surface area contributed by atoms with Crippen molar-refractivity contribution in [3.63, 3.8) is 0 Å². The molecular weight excluding hydrogens is 376 g/mol. The molecule has 1 atom stereocenters. The predicted octanol–water partition coefficient (Wildman–Crippen LogP) is 3.43. The van der Waals surface area contributed by atoms with Gasteiger partial charge in [-0.3, -0.25) is 4.79 Å². The lowest BCUT2D eigenvalue weighted by Gasteiger charge is -2.17. The Bertz CT molecular complexity index is 994. The predicted molar refractivity (Wildman–Crippen MR) is 118 cm³/mol. The van der Waals surface area contributed by atoms with E-state index in [0.29, 0.717) is 23.4 Å². The average molecular weight is 403 g/mol. The number of hydrogen-bond donors (Lipinski definition) is 2. The molecule has 1 amide bonds. The number of aryl methyl sites for hydroxylation is 1. The lowest BCUT2D eigenvalue weighted by molar-refractivity contribution is 0.0963. The minimum absolute atomic E-state index is 0.131. The van der Waals surface area contributed by atoms with Crippen LogP contribution in [0.2, 0.25) is 0 Å². The zero-order valence-corrected chi connectivity index (χ0v) is 17.1. The maximum atomic E-state index is 11.8. The van der Waals surface area contributed by atoms with Gasteiger partial charge < -0.3 is 15.5 Å². The molecule has 0 bridgehead atoms. The summed E-state index contributed by atoms with van der Waals surface area (Å²) in [6.07, 6.45) is 4.95. The van der Waals surface area contributed by atoms with Crippen molar-refractivity contribution in [2.75, 3.05) is 30.4 Å². The number of benzene rings is 2. The Morgan fingerprint density at radius 1 is 1.13 bits per heavy atom. The Hall–Kier alpha value is -3.48. The molecule has 7 heteroatoms. The lowest BCUT2D eigenvalue weighted by atomic mass is 9.99. The van der Waals surface area contributed by atoms with Crippen LogP contribution in [0.3, 0.4) is 0 Å². The molecule has 0 saturated carbocycles. The molecular formula is C23H26N6O. The standard InChI is InChI=1S/C23H26N6O/c1-24-21(30)19-8-5-9-20(14-19)27-22-25-16-26-23(28-22)29-13-12-18(15-29)11-10-17-6-3-2-4-7-17/h2-9,14,16,18H,10-13,15H2,1H3,(H,24,30)(H,25,26,27,28)/t18-/m1/s1. The summed E-state index contributed by atoms with van der Waals surface area (Å²) in [6, 6.07) is 17.9. The van der Waals surface area contributed by atoms with Crippen molar-refractivity contribution in [2.24, 2.45) is 5.92 Å². The van der Waals surface area contributed by atoms with Gasteiger partial charge in [0, 0.05) is 31.4 Å². The van der Waals surface area contributed by atoms with E-state index in [9.17, 15) is 4.79 Å². The van der Waals surface area contributed by atoms with Gasteiger partial charge >= 0.3 is 0 Å². The first-order chi connectivity index (χ1) is 14.7. The molecule has 7 nitrogen and oxygen atoms in total. The van der Waals surface area contributed by atoms with Gasteiger partial charge in [-0.1, -0.05) is 36.4 Å². The summed E-state index contributed by atoms with van der Waals surface area (Å²) >= 11 is 0. The number of nitrogens with zero attached hydrogens (tertiary/aromatic N) is 4. The second kappa shape index (κ2) is 9.35. The highest BCUT2D eigenvalue weighted by Crippen LogP contribution is 2.25. The van der Waals surface area contributed by atoms with Crippen molar-refractivity contribution in [1.82, 2.24) is 20.3 Å². The number of carbonyl (C=O) groups is 1. The Balaban J connectivity index is 1.37. The van der Waals surface area contributed by atoms with Crippen molar-refractivity contribution in [2.45, 2.75) is 19.3 Å². The van der Waals surface area contributed by atoms with Crippen molar-refractivity contribution in [3.8, 4) is 0 Å². The number of carbonyl (C=O) groups excluding carboxylic acids is 1.